The lowest BCUT2D eigenvalue weighted by molar-refractivity contribution is 0.961. The molecule has 1 saturated carbocycles. The molecule has 0 saturated heterocycles. The van der Waals surface area contributed by atoms with Crippen LogP contribution in [0.2, 0.25) is 0 Å². The molecule has 0 aromatic rings. The lowest BCUT2D eigenvalue weighted by atomic mass is 10.2. The van der Waals surface area contributed by atoms with Crippen LogP contribution in [0, 0.1) is 25.7 Å². The summed E-state index contributed by atoms with van der Waals surface area (Å²) in [6, 6.07) is 0. The summed E-state index contributed by atoms with van der Waals surface area (Å²) in [5, 5.41) is 0. The lowest BCUT2D eigenvalue weighted by Crippen LogP contribution is -1.70. The van der Waals surface area contributed by atoms with Crippen molar-refractivity contribution in [3.05, 3.63) is 25.7 Å². The highest BCUT2D eigenvalue weighted by Gasteiger charge is 1.96. The van der Waals surface area contributed by atoms with Crippen molar-refractivity contribution in [2.24, 2.45) is 0 Å². The van der Waals surface area contributed by atoms with E-state index in [1.165, 1.54) is 12.8 Å². The molecule has 0 heteroatoms. The van der Waals surface area contributed by atoms with Crippen LogP contribution in [0.1, 0.15) is 19.3 Å². The van der Waals surface area contributed by atoms with Gasteiger partial charge in [0, 0.05) is 0 Å². The lowest BCUT2D eigenvalue weighted by Gasteiger charge is -1.84. The van der Waals surface area contributed by atoms with Gasteiger partial charge in [0.1, 0.15) is 0 Å². The van der Waals surface area contributed by atoms with Crippen molar-refractivity contribution < 1.29 is 0 Å². The number of hydrogen-bond acceptors (Lipinski definition) is 0. The molecule has 38 valence electrons. The van der Waals surface area contributed by atoms with Crippen LogP contribution in [-0.4, -0.2) is 0 Å². The van der Waals surface area contributed by atoms with E-state index in [0.29, 0.717) is 0 Å². The molecule has 1 aliphatic rings. The minimum atomic E-state index is 1.14. The van der Waals surface area contributed by atoms with Gasteiger partial charge in [0.2, 0.25) is 0 Å². The third kappa shape index (κ3) is 1.96. The van der Waals surface area contributed by atoms with Crippen molar-refractivity contribution in [1.82, 2.24) is 0 Å². The Balaban J connectivity index is 2.04. The average Bonchev–Trinajstić information content (AvgIpc) is 1.90. The van der Waals surface area contributed by atoms with Crippen LogP contribution in [0.4, 0.5) is 0 Å². The fourth-order valence-corrected chi connectivity index (χ4v) is 0.699. The zero-order valence-electron chi connectivity index (χ0n) is 4.43. The van der Waals surface area contributed by atoms with E-state index in [2.05, 4.69) is 25.7 Å². The van der Waals surface area contributed by atoms with E-state index < -0.39 is 0 Å². The standard InChI is InChI=1S/C7H10/c1-2-4-6-7-5-3-1/h1-2,5,7H,3-4,6H2. The van der Waals surface area contributed by atoms with Crippen LogP contribution in [0.25, 0.3) is 0 Å². The third-order valence-corrected chi connectivity index (χ3v) is 1.11. The third-order valence-electron chi connectivity index (χ3n) is 1.11. The van der Waals surface area contributed by atoms with Gasteiger partial charge in [-0.2, -0.15) is 0 Å². The van der Waals surface area contributed by atoms with Crippen molar-refractivity contribution in [3.63, 3.8) is 0 Å². The highest BCUT2D eigenvalue weighted by atomic mass is 14.0. The summed E-state index contributed by atoms with van der Waals surface area (Å²) >= 11 is 0. The monoisotopic (exact) mass is 94.1 g/mol. The van der Waals surface area contributed by atoms with Crippen LogP contribution >= 0.6 is 0 Å². The van der Waals surface area contributed by atoms with Crippen LogP contribution in [0.3, 0.4) is 0 Å². The minimum Gasteiger partial charge on any atom is -0.0496 e. The van der Waals surface area contributed by atoms with Crippen LogP contribution < -0.4 is 0 Å². The van der Waals surface area contributed by atoms with Gasteiger partial charge < -0.3 is 0 Å². The fraction of sp³-hybridized carbons (Fsp3) is 0.429. The summed E-state index contributed by atoms with van der Waals surface area (Å²) in [7, 11) is 0. The highest BCUT2D eigenvalue weighted by molar-refractivity contribution is 4.99. The Kier molecular flexibility index (Phi) is 2.25. The zero-order chi connectivity index (χ0) is 4.95. The van der Waals surface area contributed by atoms with Crippen LogP contribution in [0.5, 0.6) is 0 Å². The average molecular weight is 94.2 g/mol. The number of rotatable bonds is 0. The van der Waals surface area contributed by atoms with Crippen LogP contribution in [0.15, 0.2) is 0 Å². The summed E-state index contributed by atoms with van der Waals surface area (Å²) in [6.07, 6.45) is 12.5. The molecular weight excluding hydrogens is 84.1 g/mol. The predicted octanol–water partition coefficient (Wildman–Crippen LogP) is 1.99. The smallest absolute Gasteiger partial charge is 0.0349 e. The molecule has 0 unspecified atom stereocenters. The second-order valence-corrected chi connectivity index (χ2v) is 1.76. The zero-order valence-corrected chi connectivity index (χ0v) is 4.43. The Hall–Kier alpha value is 0. The minimum absolute atomic E-state index is 1.14. The fourth-order valence-electron chi connectivity index (χ4n) is 0.699. The molecule has 4 radical (unpaired) electrons. The van der Waals surface area contributed by atoms with E-state index in [0.717, 1.165) is 6.42 Å². The van der Waals surface area contributed by atoms with Gasteiger partial charge in [-0.15, -0.1) is 0 Å². The summed E-state index contributed by atoms with van der Waals surface area (Å²) in [5.41, 5.74) is 0. The molecule has 0 aliphatic heterocycles. The quantitative estimate of drug-likeness (QED) is 0.403. The molecule has 7 heavy (non-hydrogen) atoms. The van der Waals surface area contributed by atoms with Gasteiger partial charge in [0.15, 0.2) is 0 Å². The molecule has 1 fully saturated rings. The highest BCUT2D eigenvalue weighted by Crippen LogP contribution is 2.11. The largest absolute Gasteiger partial charge is 0.0496 e. The topological polar surface area (TPSA) is 0 Å². The second kappa shape index (κ2) is 3.06. The normalized spacial score (nSPS) is 24.0. The van der Waals surface area contributed by atoms with Gasteiger partial charge in [0.05, 0.1) is 0 Å². The van der Waals surface area contributed by atoms with Crippen molar-refractivity contribution >= 4 is 0 Å². The summed E-state index contributed by atoms with van der Waals surface area (Å²) in [5.74, 6) is 0. The van der Waals surface area contributed by atoms with E-state index in [-0.39, 0.29) is 0 Å². The summed E-state index contributed by atoms with van der Waals surface area (Å²) in [4.78, 5) is 0. The molecule has 0 aromatic carbocycles. The first-order chi connectivity index (χ1) is 3.50. The van der Waals surface area contributed by atoms with Gasteiger partial charge in [-0.1, -0.05) is 0 Å². The van der Waals surface area contributed by atoms with E-state index >= 15 is 0 Å². The predicted molar refractivity (Wildman–Crippen MR) is 31.1 cm³/mol. The molecule has 0 N–H and O–H groups in total. The van der Waals surface area contributed by atoms with E-state index in [4.69, 9.17) is 0 Å². The van der Waals surface area contributed by atoms with Gasteiger partial charge in [0.25, 0.3) is 0 Å². The summed E-state index contributed by atoms with van der Waals surface area (Å²) in [6.45, 7) is 0. The first kappa shape index (κ1) is 5.14. The SMILES string of the molecule is [CH]1[CH]CC[CH][CH]C1. The molecule has 0 nitrogen and oxygen atoms in total. The Morgan fingerprint density at radius 2 is 1.29 bits per heavy atom. The van der Waals surface area contributed by atoms with E-state index in [1.54, 1.807) is 0 Å². The maximum Gasteiger partial charge on any atom is -0.0349 e. The molecular formula is C7H10. The van der Waals surface area contributed by atoms with Gasteiger partial charge in [-0.25, -0.2) is 0 Å². The van der Waals surface area contributed by atoms with Crippen molar-refractivity contribution in [2.45, 2.75) is 19.3 Å². The Morgan fingerprint density at radius 1 is 0.714 bits per heavy atom. The van der Waals surface area contributed by atoms with Gasteiger partial charge >= 0.3 is 0 Å². The first-order valence-electron chi connectivity index (χ1n) is 2.80. The Morgan fingerprint density at radius 3 is 1.86 bits per heavy atom. The van der Waals surface area contributed by atoms with E-state index in [9.17, 15) is 0 Å². The van der Waals surface area contributed by atoms with Crippen molar-refractivity contribution in [3.8, 4) is 0 Å². The number of hydrogen-bond donors (Lipinski definition) is 0. The van der Waals surface area contributed by atoms with Gasteiger partial charge in [-0.3, -0.25) is 0 Å². The first-order valence-corrected chi connectivity index (χ1v) is 2.80. The van der Waals surface area contributed by atoms with Gasteiger partial charge in [-0.05, 0) is 44.9 Å². The molecule has 1 aliphatic carbocycles. The van der Waals surface area contributed by atoms with Crippen molar-refractivity contribution in [1.29, 1.82) is 0 Å². The Bertz CT molecular complexity index is 19.7. The maximum absolute atomic E-state index is 2.24. The Labute approximate surface area is 45.9 Å². The second-order valence-electron chi connectivity index (χ2n) is 1.76. The molecule has 0 amide bonds. The molecule has 0 heterocycles. The van der Waals surface area contributed by atoms with E-state index in [1.807, 2.05) is 0 Å². The molecule has 0 aromatic heterocycles. The molecule has 0 bridgehead atoms. The van der Waals surface area contributed by atoms with Crippen LogP contribution in [-0.2, 0) is 0 Å². The maximum atomic E-state index is 2.24. The molecule has 0 spiro atoms. The summed E-state index contributed by atoms with van der Waals surface area (Å²) < 4.78 is 0. The van der Waals surface area contributed by atoms with Crippen molar-refractivity contribution in [2.75, 3.05) is 0 Å². The molecule has 1 rings (SSSR count). The molecule has 0 atom stereocenters.